The summed E-state index contributed by atoms with van der Waals surface area (Å²) in [7, 11) is 0. The van der Waals surface area contributed by atoms with Crippen molar-refractivity contribution in [2.24, 2.45) is 0 Å². The molecule has 0 saturated carbocycles. The SMILES string of the molecule is CC(C)(C)NC(=O)[C@@H](Cc1ccccc1)N(Cc1cccc(Cl)c1)C(=O)Cc1ccc(F)cc1. The Labute approximate surface area is 205 Å². The topological polar surface area (TPSA) is 49.4 Å². The molecule has 34 heavy (non-hydrogen) atoms. The second-order valence-corrected chi connectivity index (χ2v) is 9.84. The second kappa shape index (κ2) is 11.3. The molecular weight excluding hydrogens is 451 g/mol. The number of nitrogens with one attached hydrogen (secondary N) is 1. The number of benzene rings is 3. The molecule has 0 radical (unpaired) electrons. The van der Waals surface area contributed by atoms with Crippen LogP contribution in [0.4, 0.5) is 4.39 Å². The van der Waals surface area contributed by atoms with Gasteiger partial charge in [-0.1, -0.05) is 66.2 Å². The zero-order valence-electron chi connectivity index (χ0n) is 19.7. The first kappa shape index (κ1) is 25.4. The zero-order valence-corrected chi connectivity index (χ0v) is 20.5. The lowest BCUT2D eigenvalue weighted by molar-refractivity contribution is -0.141. The fraction of sp³-hybridized carbons (Fsp3) is 0.286. The molecule has 0 bridgehead atoms. The number of carbonyl (C=O) groups is 2. The molecule has 1 atom stereocenters. The van der Waals surface area contributed by atoms with Crippen molar-refractivity contribution < 1.29 is 14.0 Å². The maximum Gasteiger partial charge on any atom is 0.243 e. The Balaban J connectivity index is 1.98. The first-order valence-corrected chi connectivity index (χ1v) is 11.6. The van der Waals surface area contributed by atoms with Crippen LogP contribution in [0.1, 0.15) is 37.5 Å². The molecule has 0 aliphatic heterocycles. The van der Waals surface area contributed by atoms with Gasteiger partial charge in [-0.05, 0) is 61.7 Å². The molecule has 1 N–H and O–H groups in total. The average Bonchev–Trinajstić information content (AvgIpc) is 2.77. The van der Waals surface area contributed by atoms with Crippen molar-refractivity contribution in [1.29, 1.82) is 0 Å². The highest BCUT2D eigenvalue weighted by Gasteiger charge is 2.32. The van der Waals surface area contributed by atoms with Crippen LogP contribution in [0.3, 0.4) is 0 Å². The van der Waals surface area contributed by atoms with Crippen molar-refractivity contribution in [3.05, 3.63) is 106 Å². The molecular formula is C28H30ClFN2O2. The molecule has 3 rings (SSSR count). The Morgan fingerprint density at radius 2 is 1.56 bits per heavy atom. The van der Waals surface area contributed by atoms with Crippen LogP contribution in [-0.4, -0.2) is 28.3 Å². The monoisotopic (exact) mass is 480 g/mol. The van der Waals surface area contributed by atoms with Crippen molar-refractivity contribution in [2.75, 3.05) is 0 Å². The van der Waals surface area contributed by atoms with Gasteiger partial charge in [-0.15, -0.1) is 0 Å². The third-order valence-electron chi connectivity index (χ3n) is 5.28. The smallest absolute Gasteiger partial charge is 0.243 e. The first-order chi connectivity index (χ1) is 16.1. The highest BCUT2D eigenvalue weighted by molar-refractivity contribution is 6.30. The van der Waals surface area contributed by atoms with Gasteiger partial charge in [-0.2, -0.15) is 0 Å². The van der Waals surface area contributed by atoms with Crippen molar-refractivity contribution in [1.82, 2.24) is 10.2 Å². The van der Waals surface area contributed by atoms with Crippen LogP contribution in [0, 0.1) is 5.82 Å². The molecule has 0 fully saturated rings. The Kier molecular flexibility index (Phi) is 8.46. The van der Waals surface area contributed by atoms with E-state index in [-0.39, 0.29) is 30.6 Å². The molecule has 0 spiro atoms. The summed E-state index contributed by atoms with van der Waals surface area (Å²) >= 11 is 6.19. The second-order valence-electron chi connectivity index (χ2n) is 9.40. The number of rotatable bonds is 8. The normalized spacial score (nSPS) is 12.1. The fourth-order valence-electron chi connectivity index (χ4n) is 3.72. The van der Waals surface area contributed by atoms with Crippen LogP contribution >= 0.6 is 11.6 Å². The van der Waals surface area contributed by atoms with Crippen LogP contribution in [0.5, 0.6) is 0 Å². The highest BCUT2D eigenvalue weighted by atomic mass is 35.5. The fourth-order valence-corrected chi connectivity index (χ4v) is 3.93. The summed E-state index contributed by atoms with van der Waals surface area (Å²) in [6, 6.07) is 22.0. The highest BCUT2D eigenvalue weighted by Crippen LogP contribution is 2.19. The van der Waals surface area contributed by atoms with E-state index in [1.807, 2.05) is 63.2 Å². The van der Waals surface area contributed by atoms with E-state index in [0.717, 1.165) is 11.1 Å². The van der Waals surface area contributed by atoms with Crippen molar-refractivity contribution in [2.45, 2.75) is 51.7 Å². The number of carbonyl (C=O) groups excluding carboxylic acids is 2. The van der Waals surface area contributed by atoms with Crippen molar-refractivity contribution in [3.8, 4) is 0 Å². The molecule has 6 heteroatoms. The molecule has 178 valence electrons. The van der Waals surface area contributed by atoms with Crippen LogP contribution in [0.25, 0.3) is 0 Å². The molecule has 3 aromatic rings. The van der Waals surface area contributed by atoms with Gasteiger partial charge in [0.25, 0.3) is 0 Å². The lowest BCUT2D eigenvalue weighted by Gasteiger charge is -2.34. The number of hydrogen-bond donors (Lipinski definition) is 1. The lowest BCUT2D eigenvalue weighted by Crippen LogP contribution is -2.54. The van der Waals surface area contributed by atoms with E-state index in [1.54, 1.807) is 29.2 Å². The Morgan fingerprint density at radius 3 is 2.18 bits per heavy atom. The molecule has 0 aliphatic rings. The standard InChI is InChI=1S/C28H30ClFN2O2/c1-28(2,3)31-27(34)25(17-20-8-5-4-6-9-20)32(19-22-10-7-11-23(29)16-22)26(33)18-21-12-14-24(30)15-13-21/h4-16,25H,17-19H2,1-3H3,(H,31,34)/t25-/m1/s1. The average molecular weight is 481 g/mol. The summed E-state index contributed by atoms with van der Waals surface area (Å²) < 4.78 is 13.4. The van der Waals surface area contributed by atoms with E-state index >= 15 is 0 Å². The molecule has 0 saturated heterocycles. The molecule has 3 aromatic carbocycles. The number of nitrogens with zero attached hydrogens (tertiary/aromatic N) is 1. The minimum atomic E-state index is -0.742. The van der Waals surface area contributed by atoms with Gasteiger partial charge in [0.1, 0.15) is 11.9 Å². The summed E-state index contributed by atoms with van der Waals surface area (Å²) in [5.41, 5.74) is 1.98. The van der Waals surface area contributed by atoms with Gasteiger partial charge < -0.3 is 10.2 Å². The van der Waals surface area contributed by atoms with Crippen molar-refractivity contribution >= 4 is 23.4 Å². The number of hydrogen-bond acceptors (Lipinski definition) is 2. The third kappa shape index (κ3) is 7.70. The Morgan fingerprint density at radius 1 is 0.912 bits per heavy atom. The minimum absolute atomic E-state index is 0.0505. The Hall–Kier alpha value is -3.18. The quantitative estimate of drug-likeness (QED) is 0.457. The lowest BCUT2D eigenvalue weighted by atomic mass is 10.00. The van der Waals surface area contributed by atoms with Gasteiger partial charge >= 0.3 is 0 Å². The molecule has 4 nitrogen and oxygen atoms in total. The van der Waals surface area contributed by atoms with E-state index in [9.17, 15) is 14.0 Å². The zero-order chi connectivity index (χ0) is 24.7. The predicted octanol–water partition coefficient (Wildman–Crippen LogP) is 5.58. The maximum absolute atomic E-state index is 13.6. The van der Waals surface area contributed by atoms with E-state index < -0.39 is 11.6 Å². The largest absolute Gasteiger partial charge is 0.350 e. The number of amides is 2. The van der Waals surface area contributed by atoms with Crippen LogP contribution in [0.15, 0.2) is 78.9 Å². The molecule has 0 unspecified atom stereocenters. The van der Waals surface area contributed by atoms with Crippen LogP contribution in [-0.2, 0) is 29.0 Å². The van der Waals surface area contributed by atoms with E-state index in [4.69, 9.17) is 11.6 Å². The van der Waals surface area contributed by atoms with E-state index in [2.05, 4.69) is 5.32 Å². The molecule has 0 aliphatic carbocycles. The van der Waals surface area contributed by atoms with Gasteiger partial charge in [0.15, 0.2) is 0 Å². The summed E-state index contributed by atoms with van der Waals surface area (Å²) in [6.07, 6.45) is 0.410. The van der Waals surface area contributed by atoms with E-state index in [0.29, 0.717) is 17.0 Å². The Bertz CT molecular complexity index is 1110. The summed E-state index contributed by atoms with van der Waals surface area (Å²) in [6.45, 7) is 5.94. The molecule has 0 heterocycles. The molecule has 0 aromatic heterocycles. The summed E-state index contributed by atoms with van der Waals surface area (Å²) in [5.74, 6) is -0.819. The maximum atomic E-state index is 13.6. The van der Waals surface area contributed by atoms with Gasteiger partial charge in [0.05, 0.1) is 6.42 Å². The summed E-state index contributed by atoms with van der Waals surface area (Å²) in [5, 5.41) is 3.59. The van der Waals surface area contributed by atoms with Crippen LogP contribution in [0.2, 0.25) is 5.02 Å². The number of halogens is 2. The van der Waals surface area contributed by atoms with Gasteiger partial charge in [0, 0.05) is 23.5 Å². The first-order valence-electron chi connectivity index (χ1n) is 11.2. The predicted molar refractivity (Wildman–Crippen MR) is 134 cm³/mol. The van der Waals surface area contributed by atoms with Crippen LogP contribution < -0.4 is 5.32 Å². The third-order valence-corrected chi connectivity index (χ3v) is 5.51. The molecule has 2 amide bonds. The summed E-state index contributed by atoms with van der Waals surface area (Å²) in [4.78, 5) is 28.7. The minimum Gasteiger partial charge on any atom is -0.350 e. The van der Waals surface area contributed by atoms with Crippen molar-refractivity contribution in [3.63, 3.8) is 0 Å². The van der Waals surface area contributed by atoms with E-state index in [1.165, 1.54) is 12.1 Å². The van der Waals surface area contributed by atoms with Gasteiger partial charge in [0.2, 0.25) is 11.8 Å². The van der Waals surface area contributed by atoms with Gasteiger partial charge in [-0.25, -0.2) is 4.39 Å². The van der Waals surface area contributed by atoms with Gasteiger partial charge in [-0.3, -0.25) is 9.59 Å².